The zero-order chi connectivity index (χ0) is 91.9. The number of piperazine rings is 4. The number of H-pyrrole nitrogens is 1. The minimum Gasteiger partial charge on any atom is -0.512 e. The van der Waals surface area contributed by atoms with E-state index in [1.54, 1.807) is 91.3 Å². The summed E-state index contributed by atoms with van der Waals surface area (Å²) >= 11 is 33.9. The molecule has 13 aromatic rings. The van der Waals surface area contributed by atoms with Crippen LogP contribution in [-0.4, -0.2) is 250 Å². The zero-order valence-electron chi connectivity index (χ0n) is 70.2. The molecular weight excluding hydrogens is 2060 g/mol. The first-order chi connectivity index (χ1) is 61.6. The molecule has 4 aliphatic heterocycles. The topological polar surface area (TPSA) is 351 Å². The Bertz CT molecular complexity index is 6240. The van der Waals surface area contributed by atoms with Crippen LogP contribution in [0.25, 0.3) is 55.7 Å². The Balaban J connectivity index is 0.000000160. The Morgan fingerprint density at radius 1 is 0.488 bits per heavy atom. The summed E-state index contributed by atoms with van der Waals surface area (Å²) in [6.45, 7) is 18.3. The van der Waals surface area contributed by atoms with Crippen LogP contribution in [0.1, 0.15) is 33.4 Å². The maximum Gasteiger partial charge on any atom is 1.00 e. The molecule has 1 N–H and O–H groups in total. The number of hydrogen-bond donors (Lipinski definition) is 1. The van der Waals surface area contributed by atoms with Crippen LogP contribution in [-0.2, 0) is 55.9 Å². The van der Waals surface area contributed by atoms with Gasteiger partial charge < -0.3 is 74.5 Å². The van der Waals surface area contributed by atoms with Crippen LogP contribution in [0, 0.1) is 53.8 Å². The minimum atomic E-state index is -0.434. The predicted molar refractivity (Wildman–Crippen MR) is 491 cm³/mol. The summed E-state index contributed by atoms with van der Waals surface area (Å²) < 4.78 is 89.8. The van der Waals surface area contributed by atoms with Crippen molar-refractivity contribution in [3.63, 3.8) is 0 Å². The summed E-state index contributed by atoms with van der Waals surface area (Å²) in [5, 5.41) is 43.7. The third-order valence-electron chi connectivity index (χ3n) is 21.4. The molecule has 0 saturated carbocycles. The molecule has 13 heterocycles. The Morgan fingerprint density at radius 3 is 1.19 bits per heavy atom. The number of anilines is 4. The van der Waals surface area contributed by atoms with Crippen LogP contribution in [0.5, 0.6) is 23.0 Å². The van der Waals surface area contributed by atoms with Crippen molar-refractivity contribution in [3.8, 4) is 40.6 Å². The third kappa shape index (κ3) is 22.7. The number of ether oxygens (including phenoxy) is 4. The SMILES string of the molecule is COc1cc(N2CCN(C(=O)CCl)[C@@H](C)C2)c(F)cc1Cl.COc1cc(N2CCN(C(=O)Cn3nc(-c4ncon4)c4cccnc43)[C@@H](C)C2)c(F)cc1Cl.COc1cc(N2CCN(C(=O)Cn3nc(C#N)c4cccnc43)[C@@H](C)C2)c(F)cc1Cl.COc1cc(N2CCN(C(=O)Cn3nc(I)c4cccnc43)[C@@H](C)C2)c(F)cc1Cl.Ic1[nH]nc2ncccc12.[C-]#N.[Cu+]. The van der Waals surface area contributed by atoms with E-state index in [9.17, 15) is 42.0 Å². The number of alkyl halides is 1. The number of carbonyl (C=O) groups is 4. The fourth-order valence-corrected chi connectivity index (χ4v) is 17.5. The van der Waals surface area contributed by atoms with E-state index in [4.69, 9.17) is 93.3 Å². The van der Waals surface area contributed by atoms with Crippen LogP contribution in [0.4, 0.5) is 40.3 Å². The second-order valence-corrected chi connectivity index (χ2v) is 33.3. The van der Waals surface area contributed by atoms with Crippen molar-refractivity contribution in [2.75, 3.05) is 132 Å². The van der Waals surface area contributed by atoms with E-state index in [1.165, 1.54) is 63.8 Å². The molecule has 0 bridgehead atoms. The molecule has 129 heavy (non-hydrogen) atoms. The molecule has 0 aliphatic carbocycles. The fourth-order valence-electron chi connectivity index (χ4n) is 15.3. The predicted octanol–water partition coefficient (Wildman–Crippen LogP) is 13.9. The van der Waals surface area contributed by atoms with Gasteiger partial charge in [0.25, 0.3) is 0 Å². The fraction of sp³-hybridized carbons (Fsp3) is 0.333. The number of nitriles is 1. The van der Waals surface area contributed by atoms with E-state index in [1.807, 2.05) is 88.6 Å². The van der Waals surface area contributed by atoms with Gasteiger partial charge in [0, 0.05) is 152 Å². The van der Waals surface area contributed by atoms with Crippen molar-refractivity contribution in [1.29, 1.82) is 10.5 Å². The van der Waals surface area contributed by atoms with E-state index < -0.39 is 23.3 Å². The van der Waals surface area contributed by atoms with Gasteiger partial charge in [-0.2, -0.15) is 30.6 Å². The van der Waals surface area contributed by atoms with Crippen LogP contribution >= 0.6 is 103 Å². The molecular formula is C84H82Cl5CuF4I2N24O9. The average molecular weight is 2140 g/mol. The summed E-state index contributed by atoms with van der Waals surface area (Å²) in [6, 6.07) is 27.7. The minimum absolute atomic E-state index is 0. The smallest absolute Gasteiger partial charge is 0.512 e. The average Bonchev–Trinajstić information content (AvgIpc) is 1.62. The number of benzene rings is 4. The van der Waals surface area contributed by atoms with Crippen LogP contribution in [0.2, 0.25) is 20.1 Å². The number of rotatable bonds is 16. The van der Waals surface area contributed by atoms with Gasteiger partial charge in [-0.15, -0.1) is 11.6 Å². The molecule has 33 nitrogen and oxygen atoms in total. The van der Waals surface area contributed by atoms with Crippen molar-refractivity contribution in [2.45, 2.75) is 71.5 Å². The molecule has 4 aliphatic rings. The summed E-state index contributed by atoms with van der Waals surface area (Å²) in [4.78, 5) is 86.6. The number of halogens is 11. The van der Waals surface area contributed by atoms with Gasteiger partial charge in [0.2, 0.25) is 35.8 Å². The molecule has 0 spiro atoms. The Hall–Kier alpha value is -11.1. The van der Waals surface area contributed by atoms with Crippen LogP contribution in [0.15, 0.2) is 133 Å². The van der Waals surface area contributed by atoms with Crippen LogP contribution < -0.4 is 38.5 Å². The van der Waals surface area contributed by atoms with Gasteiger partial charge in [-0.25, -0.2) is 51.5 Å². The molecule has 0 radical (unpaired) electrons. The molecule has 4 saturated heterocycles. The Kier molecular flexibility index (Phi) is 34.3. The first-order valence-corrected chi connectivity index (χ1v) is 43.6. The monoisotopic (exact) mass is 2140 g/mol. The molecule has 17 rings (SSSR count). The number of aromatic amines is 1. The largest absolute Gasteiger partial charge is 1.00 e. The molecule has 4 amide bonds. The number of nitrogens with one attached hydrogen (secondary N) is 1. The number of aromatic nitrogens is 14. The van der Waals surface area contributed by atoms with Gasteiger partial charge in [0.1, 0.15) is 90.9 Å². The van der Waals surface area contributed by atoms with Crippen LogP contribution in [0.3, 0.4) is 0 Å². The number of hydrogen-bond acceptors (Lipinski definition) is 25. The van der Waals surface area contributed by atoms with E-state index >= 15 is 0 Å². The van der Waals surface area contributed by atoms with Gasteiger partial charge in [-0.1, -0.05) is 51.6 Å². The summed E-state index contributed by atoms with van der Waals surface area (Å²) in [6.07, 6.45) is 7.89. The normalized spacial score (nSPS) is 16.1. The number of fused-ring (bicyclic) bond motifs is 4. The Morgan fingerprint density at radius 2 is 0.829 bits per heavy atom. The Labute approximate surface area is 800 Å². The molecule has 4 aromatic carbocycles. The second-order valence-electron chi connectivity index (χ2n) is 29.3. The van der Waals surface area contributed by atoms with E-state index in [2.05, 4.69) is 101 Å². The molecule has 0 unspecified atom stereocenters. The molecule has 4 atom stereocenters. The molecule has 680 valence electrons. The van der Waals surface area contributed by atoms with Gasteiger partial charge >= 0.3 is 17.1 Å². The van der Waals surface area contributed by atoms with Crippen molar-refractivity contribution in [3.05, 3.63) is 191 Å². The van der Waals surface area contributed by atoms with Crippen molar-refractivity contribution >= 4 is 194 Å². The number of methoxy groups -OCH3 is 4. The summed E-state index contributed by atoms with van der Waals surface area (Å²) in [7, 11) is 5.95. The quantitative estimate of drug-likeness (QED) is 0.0309. The van der Waals surface area contributed by atoms with Crippen molar-refractivity contribution < 1.29 is 77.3 Å². The standard InChI is InChI=1S/C22H21ClFN7O3.C21H20ClFN6O2.C20H20ClFIN5O2.C14H17Cl2FN2O2.C6H4IN3.CN.Cu/c1-13-10-29(17-9-18(33-2)15(23)8-16(17)24)6-7-30(13)19(32)11-31-22-14(4-3-5-25-22)20(27-31)21-26-12-34-28-21;1-13-11-27(18-9-19(31-2)15(22)8-16(18)23)6-7-28(13)20(30)12-29-21-14(4-3-5-25-21)17(10-24)26-29;1-12-10-26(16-9-17(30-2)14(21)8-15(16)22)6-7-27(12)18(29)11-28-20-13(19(23)25-28)4-3-5-24-20;1-9-8-18(3-4-19(9)14(20)7-15)12-6-13(21-2)10(16)5-11(12)17;7-5-4-2-1-3-8-6(4)10-9-5;1-2;/h3-5,8-9,12-13H,6-7,10-11H2,1-2H3;3-5,8-9,13H,6-7,11-12H2,1-2H3;3-5,8-9,12H,6-7,10-11H2,1-2H3;5-6,9H,3-4,7-8H2,1-2H3;1-3H,(H,8,9,10);;/q;;;;;-1;+1/t2*13-;12-;9-;;;/m0000.../s1. The van der Waals surface area contributed by atoms with Crippen molar-refractivity contribution in [1.82, 2.24) is 89.2 Å². The number of amides is 4. The number of carbonyl (C=O) groups excluding carboxylic acids is 4. The van der Waals surface area contributed by atoms with Gasteiger partial charge in [0.15, 0.2) is 28.3 Å². The van der Waals surface area contributed by atoms with Gasteiger partial charge in [0.05, 0.1) is 92.8 Å². The molecule has 4 fully saturated rings. The summed E-state index contributed by atoms with van der Waals surface area (Å²) in [5.41, 5.74) is 4.90. The second kappa shape index (κ2) is 45.0. The van der Waals surface area contributed by atoms with Gasteiger partial charge in [-0.3, -0.25) is 24.3 Å². The first kappa shape index (κ1) is 98.5. The zero-order valence-corrected chi connectivity index (χ0v) is 79.2. The van der Waals surface area contributed by atoms with Gasteiger partial charge in [-0.05, 0) is 146 Å². The third-order valence-corrected chi connectivity index (χ3v) is 24.5. The van der Waals surface area contributed by atoms with E-state index in [0.29, 0.717) is 158 Å². The van der Waals surface area contributed by atoms with E-state index in [-0.39, 0.29) is 116 Å². The number of nitrogens with zero attached hydrogens (tertiary/aromatic N) is 23. The number of pyridine rings is 4. The first-order valence-electron chi connectivity index (χ1n) is 39.4. The molecule has 45 heteroatoms. The molecule has 9 aromatic heterocycles. The van der Waals surface area contributed by atoms with E-state index in [0.717, 1.165) is 29.2 Å². The van der Waals surface area contributed by atoms with Crippen molar-refractivity contribution in [2.24, 2.45) is 0 Å². The maximum absolute atomic E-state index is 14.6. The maximum atomic E-state index is 14.6. The summed E-state index contributed by atoms with van der Waals surface area (Å²) in [5.74, 6) is -0.113.